The number of aromatic nitrogens is 2. The standard InChI is InChI=1S/C22H26N4O2S/c1-3-4-7-14-26-20-9-6-5-8-19(20)25-22(26)29-15-21(28)24-18-12-10-17(11-13-18)23-16(2)27/h5-6,8-13H,3-4,7,14-15H2,1-2H3,(H,23,27)(H,24,28). The van der Waals surface area contributed by atoms with Crippen molar-refractivity contribution in [1.29, 1.82) is 0 Å². The maximum atomic E-state index is 12.4. The van der Waals surface area contributed by atoms with Crippen LogP contribution in [-0.2, 0) is 16.1 Å². The van der Waals surface area contributed by atoms with Gasteiger partial charge in [0.15, 0.2) is 5.16 Å². The third kappa shape index (κ3) is 5.84. The van der Waals surface area contributed by atoms with Crippen molar-refractivity contribution in [3.63, 3.8) is 0 Å². The van der Waals surface area contributed by atoms with Crippen molar-refractivity contribution < 1.29 is 9.59 Å². The van der Waals surface area contributed by atoms with Crippen LogP contribution in [0.1, 0.15) is 33.1 Å². The Morgan fingerprint density at radius 1 is 1.00 bits per heavy atom. The number of nitrogens with zero attached hydrogens (tertiary/aromatic N) is 2. The van der Waals surface area contributed by atoms with E-state index in [1.165, 1.54) is 25.1 Å². The molecule has 0 fully saturated rings. The molecule has 0 bridgehead atoms. The van der Waals surface area contributed by atoms with Crippen molar-refractivity contribution in [2.75, 3.05) is 16.4 Å². The Morgan fingerprint density at radius 2 is 1.69 bits per heavy atom. The number of aryl methyl sites for hydroxylation is 1. The van der Waals surface area contributed by atoms with E-state index in [1.54, 1.807) is 24.3 Å². The number of anilines is 2. The van der Waals surface area contributed by atoms with Crippen molar-refractivity contribution in [2.24, 2.45) is 0 Å². The molecule has 0 saturated heterocycles. The van der Waals surface area contributed by atoms with Gasteiger partial charge in [-0.25, -0.2) is 4.98 Å². The van der Waals surface area contributed by atoms with E-state index < -0.39 is 0 Å². The van der Waals surface area contributed by atoms with Crippen LogP contribution in [0, 0.1) is 0 Å². The summed E-state index contributed by atoms with van der Waals surface area (Å²) < 4.78 is 2.21. The molecular weight excluding hydrogens is 384 g/mol. The smallest absolute Gasteiger partial charge is 0.234 e. The van der Waals surface area contributed by atoms with Crippen LogP contribution in [0.2, 0.25) is 0 Å². The van der Waals surface area contributed by atoms with Gasteiger partial charge >= 0.3 is 0 Å². The first-order valence-corrected chi connectivity index (χ1v) is 10.8. The molecule has 2 N–H and O–H groups in total. The lowest BCUT2D eigenvalue weighted by Gasteiger charge is -2.09. The zero-order valence-corrected chi connectivity index (χ0v) is 17.6. The van der Waals surface area contributed by atoms with Crippen LogP contribution in [0.4, 0.5) is 11.4 Å². The van der Waals surface area contributed by atoms with E-state index in [1.807, 2.05) is 18.2 Å². The number of para-hydroxylation sites is 2. The summed E-state index contributed by atoms with van der Waals surface area (Å²) >= 11 is 1.45. The molecule has 3 aromatic rings. The van der Waals surface area contributed by atoms with Crippen LogP contribution >= 0.6 is 11.8 Å². The van der Waals surface area contributed by atoms with Gasteiger partial charge in [-0.1, -0.05) is 43.7 Å². The van der Waals surface area contributed by atoms with Crippen LogP contribution in [-0.4, -0.2) is 27.1 Å². The van der Waals surface area contributed by atoms with E-state index in [0.717, 1.165) is 35.6 Å². The van der Waals surface area contributed by atoms with Gasteiger partial charge in [-0.2, -0.15) is 0 Å². The molecule has 0 radical (unpaired) electrons. The summed E-state index contributed by atoms with van der Waals surface area (Å²) in [5, 5.41) is 6.47. The number of carbonyl (C=O) groups is 2. The lowest BCUT2D eigenvalue weighted by Crippen LogP contribution is -2.14. The van der Waals surface area contributed by atoms with Crippen molar-refractivity contribution in [3.8, 4) is 0 Å². The molecule has 0 aliphatic carbocycles. The molecule has 1 heterocycles. The Labute approximate surface area is 175 Å². The zero-order valence-electron chi connectivity index (χ0n) is 16.8. The minimum Gasteiger partial charge on any atom is -0.326 e. The fourth-order valence-electron chi connectivity index (χ4n) is 3.07. The quantitative estimate of drug-likeness (QED) is 0.388. The Morgan fingerprint density at radius 3 is 2.38 bits per heavy atom. The Kier molecular flexibility index (Phi) is 7.30. The second kappa shape index (κ2) is 10.1. The SMILES string of the molecule is CCCCCn1c(SCC(=O)Nc2ccc(NC(C)=O)cc2)nc2ccccc21. The molecule has 29 heavy (non-hydrogen) atoms. The number of unbranched alkanes of at least 4 members (excludes halogenated alkanes) is 2. The molecule has 6 nitrogen and oxygen atoms in total. The van der Waals surface area contributed by atoms with Gasteiger partial charge in [-0.05, 0) is 42.8 Å². The molecule has 2 amide bonds. The summed E-state index contributed by atoms with van der Waals surface area (Å²) in [5.74, 6) is 0.0688. The van der Waals surface area contributed by atoms with E-state index >= 15 is 0 Å². The molecule has 0 aliphatic rings. The first-order valence-electron chi connectivity index (χ1n) is 9.82. The minimum atomic E-state index is -0.125. The number of thioether (sulfide) groups is 1. The minimum absolute atomic E-state index is 0.0885. The normalized spacial score (nSPS) is 10.8. The summed E-state index contributed by atoms with van der Waals surface area (Å²) in [7, 11) is 0. The maximum absolute atomic E-state index is 12.4. The molecule has 0 unspecified atom stereocenters. The predicted molar refractivity (Wildman–Crippen MR) is 119 cm³/mol. The second-order valence-electron chi connectivity index (χ2n) is 6.84. The summed E-state index contributed by atoms with van der Waals surface area (Å²) in [6.07, 6.45) is 3.43. The number of carbonyl (C=O) groups excluding carboxylic acids is 2. The molecule has 152 valence electrons. The van der Waals surface area contributed by atoms with Gasteiger partial charge < -0.3 is 15.2 Å². The van der Waals surface area contributed by atoms with Crippen molar-refractivity contribution in [1.82, 2.24) is 9.55 Å². The second-order valence-corrected chi connectivity index (χ2v) is 7.78. The monoisotopic (exact) mass is 410 g/mol. The molecule has 2 aromatic carbocycles. The number of rotatable bonds is 9. The van der Waals surface area contributed by atoms with Crippen molar-refractivity contribution in [2.45, 2.75) is 44.8 Å². The van der Waals surface area contributed by atoms with E-state index in [9.17, 15) is 9.59 Å². The van der Waals surface area contributed by atoms with Crippen LogP contribution in [0.5, 0.6) is 0 Å². The number of imidazole rings is 1. The molecule has 7 heteroatoms. The summed E-state index contributed by atoms with van der Waals surface area (Å²) in [6.45, 7) is 4.56. The highest BCUT2D eigenvalue weighted by molar-refractivity contribution is 7.99. The Bertz CT molecular complexity index is 982. The van der Waals surface area contributed by atoms with Crippen LogP contribution in [0.3, 0.4) is 0 Å². The lowest BCUT2D eigenvalue weighted by atomic mass is 10.2. The highest BCUT2D eigenvalue weighted by Crippen LogP contribution is 2.25. The molecular formula is C22H26N4O2S. The first kappa shape index (κ1) is 20.9. The Balaban J connectivity index is 1.62. The predicted octanol–water partition coefficient (Wildman–Crippen LogP) is 4.92. The van der Waals surface area contributed by atoms with Gasteiger partial charge in [0.05, 0.1) is 16.8 Å². The average Bonchev–Trinajstić information content (AvgIpc) is 3.05. The van der Waals surface area contributed by atoms with Crippen LogP contribution in [0.15, 0.2) is 53.7 Å². The highest BCUT2D eigenvalue weighted by atomic mass is 32.2. The van der Waals surface area contributed by atoms with Gasteiger partial charge in [0.1, 0.15) is 0 Å². The molecule has 0 atom stereocenters. The molecule has 3 rings (SSSR count). The zero-order chi connectivity index (χ0) is 20.6. The fraction of sp³-hybridized carbons (Fsp3) is 0.318. The maximum Gasteiger partial charge on any atom is 0.234 e. The largest absolute Gasteiger partial charge is 0.326 e. The Hall–Kier alpha value is -2.80. The summed E-state index contributed by atoms with van der Waals surface area (Å²) in [4.78, 5) is 28.2. The number of nitrogens with one attached hydrogen (secondary N) is 2. The van der Waals surface area contributed by atoms with Gasteiger partial charge in [-0.3, -0.25) is 9.59 Å². The first-order chi connectivity index (χ1) is 14.1. The van der Waals surface area contributed by atoms with E-state index in [0.29, 0.717) is 11.4 Å². The van der Waals surface area contributed by atoms with E-state index in [-0.39, 0.29) is 17.6 Å². The van der Waals surface area contributed by atoms with Gasteiger partial charge in [-0.15, -0.1) is 0 Å². The number of benzene rings is 2. The third-order valence-electron chi connectivity index (χ3n) is 4.43. The topological polar surface area (TPSA) is 76.0 Å². The van der Waals surface area contributed by atoms with Gasteiger partial charge in [0, 0.05) is 24.8 Å². The number of hydrogen-bond acceptors (Lipinski definition) is 4. The number of hydrogen-bond donors (Lipinski definition) is 2. The third-order valence-corrected chi connectivity index (χ3v) is 5.40. The molecule has 0 spiro atoms. The van der Waals surface area contributed by atoms with E-state index in [4.69, 9.17) is 4.98 Å². The van der Waals surface area contributed by atoms with Crippen LogP contribution in [0.25, 0.3) is 11.0 Å². The van der Waals surface area contributed by atoms with Crippen LogP contribution < -0.4 is 10.6 Å². The average molecular weight is 411 g/mol. The highest BCUT2D eigenvalue weighted by Gasteiger charge is 2.13. The number of fused-ring (bicyclic) bond motifs is 1. The fourth-order valence-corrected chi connectivity index (χ4v) is 3.91. The van der Waals surface area contributed by atoms with Gasteiger partial charge in [0.2, 0.25) is 11.8 Å². The summed E-state index contributed by atoms with van der Waals surface area (Å²) in [6, 6.07) is 15.2. The van der Waals surface area contributed by atoms with Gasteiger partial charge in [0.25, 0.3) is 0 Å². The van der Waals surface area contributed by atoms with E-state index in [2.05, 4.69) is 28.2 Å². The van der Waals surface area contributed by atoms with Crippen molar-refractivity contribution in [3.05, 3.63) is 48.5 Å². The van der Waals surface area contributed by atoms with Crippen molar-refractivity contribution >= 4 is 46.0 Å². The number of amides is 2. The molecule has 0 saturated carbocycles. The lowest BCUT2D eigenvalue weighted by molar-refractivity contribution is -0.114. The summed E-state index contributed by atoms with van der Waals surface area (Å²) in [5.41, 5.74) is 3.47. The molecule has 1 aromatic heterocycles. The molecule has 0 aliphatic heterocycles.